The fraction of sp³-hybridized carbons (Fsp3) is 0.138. The molecule has 9 nitrogen and oxygen atoms in total. The normalized spacial score (nSPS) is 15.7. The van der Waals surface area contributed by atoms with Crippen molar-refractivity contribution in [2.45, 2.75) is 83.0 Å². The van der Waals surface area contributed by atoms with E-state index in [0.717, 1.165) is 62.9 Å². The number of nitrogens with zero attached hydrogens (tertiary/aromatic N) is 9. The van der Waals surface area contributed by atoms with Gasteiger partial charge >= 0.3 is 0 Å². The molecule has 4 aliphatic rings. The summed E-state index contributed by atoms with van der Waals surface area (Å²) in [5, 5.41) is 0. The fourth-order valence-corrected chi connectivity index (χ4v) is 16.6. The molecule has 9 heteroatoms. The van der Waals surface area contributed by atoms with Crippen molar-refractivity contribution >= 4 is 5.57 Å². The van der Waals surface area contributed by atoms with Gasteiger partial charge in [-0.2, -0.15) is 0 Å². The van der Waals surface area contributed by atoms with Crippen LogP contribution >= 0.6 is 0 Å². The SMILES string of the molecule is C=C/C(=C\C=C/CCC1(C)c2ccccc2-c2ccc(-c3nc(-c4ccc5c(c4)C(C)(C)c4ccccc4-5)nc(-c4ccc5c(c4)C(C)(C)c4ccccc4-5)n3)cc21)c1nc(-c2ccccc2)nc(-c2ccc3c(c2)C(C)(C)c2cc(-c4nc(-c5ccccc5)nc(-c5ccccc5)n4)ccc2-3)n1. The molecular formula is C94H73N9. The van der Waals surface area contributed by atoms with Gasteiger partial charge in [0.25, 0.3) is 0 Å². The molecule has 0 fully saturated rings. The van der Waals surface area contributed by atoms with Crippen molar-refractivity contribution in [2.24, 2.45) is 0 Å². The van der Waals surface area contributed by atoms with Crippen LogP contribution < -0.4 is 0 Å². The molecule has 4 aliphatic carbocycles. The van der Waals surface area contributed by atoms with E-state index in [1.54, 1.807) is 0 Å². The lowest BCUT2D eigenvalue weighted by molar-refractivity contribution is 0.539. The van der Waals surface area contributed by atoms with E-state index in [9.17, 15) is 0 Å². The standard InChI is InChI=1S/C94H73N9/c1-9-57(82-95-83(58-29-14-10-15-30-58)98-86(96-82)63-43-48-71-72-49-44-64(55-80(72)93(6,7)79(71)54-63)87-99-84(59-31-16-11-17-32-59)97-85(100-87)60-33-18-12-19-34-60)28-20-13-27-51-94(8)76-40-26-23-37-68(76)73-50-45-65(56-81(73)94)90-102-88(61-41-46-69-66-35-21-24-38-74(66)91(2,3)77(69)52-61)101-89(103-90)62-42-47-70-67-36-22-25-39-75(67)92(4,5)78(70)53-62/h9-26,28-50,52-56H,1,27,51H2,2-8H3/b20-13-,57-28+. The van der Waals surface area contributed by atoms with Crippen LogP contribution in [0.3, 0.4) is 0 Å². The maximum atomic E-state index is 5.45. The third-order valence-corrected chi connectivity index (χ3v) is 22.3. The van der Waals surface area contributed by atoms with Gasteiger partial charge in [-0.25, -0.2) is 44.9 Å². The topological polar surface area (TPSA) is 116 Å². The molecule has 3 heterocycles. The molecule has 1 unspecified atom stereocenters. The Balaban J connectivity index is 0.658. The number of hydrogen-bond acceptors (Lipinski definition) is 9. The molecule has 0 spiro atoms. The predicted octanol–water partition coefficient (Wildman–Crippen LogP) is 22.4. The monoisotopic (exact) mass is 1330 g/mol. The molecule has 0 radical (unpaired) electrons. The van der Waals surface area contributed by atoms with Gasteiger partial charge in [0.2, 0.25) is 0 Å². The van der Waals surface area contributed by atoms with Crippen LogP contribution in [0.15, 0.2) is 286 Å². The summed E-state index contributed by atoms with van der Waals surface area (Å²) in [5.41, 5.74) is 27.2. The smallest absolute Gasteiger partial charge is 0.164 e. The minimum absolute atomic E-state index is 0.195. The van der Waals surface area contributed by atoms with Gasteiger partial charge in [0.05, 0.1) is 0 Å². The van der Waals surface area contributed by atoms with Crippen molar-refractivity contribution in [1.82, 2.24) is 44.9 Å². The molecule has 0 aliphatic heterocycles. The van der Waals surface area contributed by atoms with E-state index < -0.39 is 5.41 Å². The van der Waals surface area contributed by atoms with Crippen LogP contribution in [0.1, 0.15) is 112 Å². The first-order valence-corrected chi connectivity index (χ1v) is 35.6. The molecule has 0 bridgehead atoms. The summed E-state index contributed by atoms with van der Waals surface area (Å²) in [6.45, 7) is 20.6. The molecule has 11 aromatic carbocycles. The van der Waals surface area contributed by atoms with Crippen LogP contribution in [-0.4, -0.2) is 44.9 Å². The zero-order chi connectivity index (χ0) is 69.9. The Morgan fingerprint density at radius 2 is 0.553 bits per heavy atom. The number of rotatable bonds is 14. The highest BCUT2D eigenvalue weighted by Gasteiger charge is 2.41. The largest absolute Gasteiger partial charge is 0.208 e. The highest BCUT2D eigenvalue weighted by molar-refractivity contribution is 5.89. The number of fused-ring (bicyclic) bond motifs is 12. The molecule has 0 saturated carbocycles. The Morgan fingerprint density at radius 3 is 0.922 bits per heavy atom. The summed E-state index contributed by atoms with van der Waals surface area (Å²) in [6, 6.07) is 90.4. The average molecular weight is 1330 g/mol. The summed E-state index contributed by atoms with van der Waals surface area (Å²) in [5.74, 6) is 5.51. The van der Waals surface area contributed by atoms with Gasteiger partial charge in [0, 0.05) is 71.7 Å². The summed E-state index contributed by atoms with van der Waals surface area (Å²) < 4.78 is 0. The maximum Gasteiger partial charge on any atom is 0.164 e. The minimum Gasteiger partial charge on any atom is -0.208 e. The predicted molar refractivity (Wildman–Crippen MR) is 418 cm³/mol. The Labute approximate surface area is 601 Å². The van der Waals surface area contributed by atoms with Gasteiger partial charge in [-0.1, -0.05) is 304 Å². The van der Waals surface area contributed by atoms with Crippen molar-refractivity contribution in [3.8, 4) is 136 Å². The second kappa shape index (κ2) is 24.2. The van der Waals surface area contributed by atoms with E-state index in [4.69, 9.17) is 44.9 Å². The quantitative estimate of drug-likeness (QED) is 0.0981. The summed E-state index contributed by atoms with van der Waals surface area (Å²) >= 11 is 0. The zero-order valence-electron chi connectivity index (χ0n) is 58.7. The Bertz CT molecular complexity index is 5700. The van der Waals surface area contributed by atoms with Gasteiger partial charge < -0.3 is 0 Å². The first-order valence-electron chi connectivity index (χ1n) is 35.6. The van der Waals surface area contributed by atoms with Gasteiger partial charge in [0.15, 0.2) is 52.4 Å². The molecule has 103 heavy (non-hydrogen) atoms. The minimum atomic E-state index is -0.390. The second-order valence-corrected chi connectivity index (χ2v) is 29.5. The van der Waals surface area contributed by atoms with Crippen molar-refractivity contribution in [1.29, 1.82) is 0 Å². The van der Waals surface area contributed by atoms with Crippen molar-refractivity contribution < 1.29 is 0 Å². The van der Waals surface area contributed by atoms with Gasteiger partial charge in [0.1, 0.15) is 0 Å². The lowest BCUT2D eigenvalue weighted by Crippen LogP contribution is -2.20. The Morgan fingerprint density at radius 1 is 0.282 bits per heavy atom. The van der Waals surface area contributed by atoms with Crippen molar-refractivity contribution in [3.63, 3.8) is 0 Å². The number of benzene rings is 11. The molecule has 0 amide bonds. The maximum absolute atomic E-state index is 5.45. The number of aromatic nitrogens is 9. The third-order valence-electron chi connectivity index (χ3n) is 22.3. The van der Waals surface area contributed by atoms with Crippen LogP contribution in [-0.2, 0) is 21.7 Å². The van der Waals surface area contributed by atoms with Crippen LogP contribution in [0.4, 0.5) is 0 Å². The molecule has 3 aromatic heterocycles. The van der Waals surface area contributed by atoms with E-state index in [2.05, 4.69) is 237 Å². The van der Waals surface area contributed by atoms with E-state index in [1.165, 1.54) is 89.0 Å². The van der Waals surface area contributed by atoms with Crippen LogP contribution in [0, 0.1) is 0 Å². The lowest BCUT2D eigenvalue weighted by Gasteiger charge is -2.27. The lowest BCUT2D eigenvalue weighted by atomic mass is 9.76. The molecule has 14 aromatic rings. The van der Waals surface area contributed by atoms with Gasteiger partial charge in [-0.05, 0) is 132 Å². The Hall–Kier alpha value is -12.3. The van der Waals surface area contributed by atoms with Crippen molar-refractivity contribution in [3.05, 3.63) is 336 Å². The molecule has 18 rings (SSSR count). The summed E-state index contributed by atoms with van der Waals surface area (Å²) in [6.07, 6.45) is 9.94. The van der Waals surface area contributed by atoms with Crippen LogP contribution in [0.2, 0.25) is 0 Å². The fourth-order valence-electron chi connectivity index (χ4n) is 16.6. The third kappa shape index (κ3) is 10.5. The first-order chi connectivity index (χ1) is 50.1. The summed E-state index contributed by atoms with van der Waals surface area (Å²) in [4.78, 5) is 47.1. The van der Waals surface area contributed by atoms with Gasteiger partial charge in [-0.3, -0.25) is 0 Å². The van der Waals surface area contributed by atoms with E-state index in [-0.39, 0.29) is 16.2 Å². The van der Waals surface area contributed by atoms with E-state index in [1.807, 2.05) is 97.1 Å². The van der Waals surface area contributed by atoms with Gasteiger partial charge in [-0.15, -0.1) is 0 Å². The second-order valence-electron chi connectivity index (χ2n) is 29.5. The molecule has 494 valence electrons. The number of hydrogen-bond donors (Lipinski definition) is 0. The van der Waals surface area contributed by atoms with E-state index in [0.29, 0.717) is 52.4 Å². The summed E-state index contributed by atoms with van der Waals surface area (Å²) in [7, 11) is 0. The Kier molecular flexibility index (Phi) is 14.8. The molecular weight excluding hydrogens is 1260 g/mol. The molecule has 1 atom stereocenters. The zero-order valence-corrected chi connectivity index (χ0v) is 58.7. The highest BCUT2D eigenvalue weighted by atomic mass is 15.1. The average Bonchev–Trinajstić information content (AvgIpc) is 1.59. The highest BCUT2D eigenvalue weighted by Crippen LogP contribution is 2.55. The van der Waals surface area contributed by atoms with E-state index >= 15 is 0 Å². The first kappa shape index (κ1) is 62.9. The van der Waals surface area contributed by atoms with Crippen LogP contribution in [0.25, 0.3) is 141 Å². The number of allylic oxidation sites excluding steroid dienone is 5. The van der Waals surface area contributed by atoms with Crippen molar-refractivity contribution in [2.75, 3.05) is 0 Å². The van der Waals surface area contributed by atoms with Crippen LogP contribution in [0.5, 0.6) is 0 Å². The molecule has 0 saturated heterocycles. The molecule has 0 N–H and O–H groups in total.